The van der Waals surface area contributed by atoms with E-state index in [4.69, 9.17) is 0 Å². The molecular formula is C33H112. The fraction of sp³-hybridized carbons (Fsp3) is 1.00. The molecule has 0 saturated heterocycles. The van der Waals surface area contributed by atoms with E-state index in [1.165, 1.54) is 19.3 Å². The van der Waals surface area contributed by atoms with Crippen molar-refractivity contribution in [3.8, 4) is 0 Å². The van der Waals surface area contributed by atoms with Gasteiger partial charge in [0.1, 0.15) is 0 Å². The van der Waals surface area contributed by atoms with Gasteiger partial charge < -0.3 is 0 Å². The second kappa shape index (κ2) is 3420. The van der Waals surface area contributed by atoms with E-state index < -0.39 is 0 Å². The third-order valence-electron chi connectivity index (χ3n) is 0. The summed E-state index contributed by atoms with van der Waals surface area (Å²) in [5.74, 6) is 0. The zero-order chi connectivity index (χ0) is 16.1. The van der Waals surface area contributed by atoms with Gasteiger partial charge in [0, 0.05) is 0 Å². The van der Waals surface area contributed by atoms with E-state index in [1.54, 1.807) is 0 Å². The average Bonchev–Trinajstić information content (AvgIpc) is 2.41. The molecule has 0 fully saturated rings. The van der Waals surface area contributed by atoms with Crippen LogP contribution in [0.4, 0.5) is 0 Å². The lowest BCUT2D eigenvalue weighted by atomic mass is 10.6. The van der Waals surface area contributed by atoms with Crippen LogP contribution in [0.1, 0.15) is 235 Å². The summed E-state index contributed by atoms with van der Waals surface area (Å²) in [6.45, 7) is 28.8. The molecule has 0 bridgehead atoms. The van der Waals surface area contributed by atoms with Crippen LogP contribution in [0.15, 0.2) is 0 Å². The maximum atomic E-state index is 2.12. The second-order valence-electron chi connectivity index (χ2n) is 2.12. The quantitative estimate of drug-likeness (QED) is 0.305. The van der Waals surface area contributed by atoms with Gasteiger partial charge in [-0.15, -0.1) is 0 Å². The third-order valence-corrected chi connectivity index (χ3v) is 0. The fourth-order valence-corrected chi connectivity index (χ4v) is 0. The summed E-state index contributed by atoms with van der Waals surface area (Å²) in [5, 5.41) is 0. The van der Waals surface area contributed by atoms with Crippen molar-refractivity contribution >= 4 is 0 Å². The first-order valence-electron chi connectivity index (χ1n) is 8.24. The summed E-state index contributed by atoms with van der Waals surface area (Å²) >= 11 is 0. The van der Waals surface area contributed by atoms with Crippen molar-refractivity contribution in [2.75, 3.05) is 0 Å². The molecule has 0 spiro atoms. The lowest BCUT2D eigenvalue weighted by Gasteiger charge is -1.48. The highest BCUT2D eigenvalue weighted by molar-refractivity contribution is 3.92. The van der Waals surface area contributed by atoms with Crippen LogP contribution >= 0.6 is 0 Å². The maximum absolute atomic E-state index is 2.12. The molecule has 0 aliphatic carbocycles. The Labute approximate surface area is 235 Å². The van der Waals surface area contributed by atoms with Crippen molar-refractivity contribution in [2.45, 2.75) is 235 Å². The van der Waals surface area contributed by atoms with E-state index in [0.29, 0.717) is 0 Å². The molecule has 0 aliphatic rings. The van der Waals surface area contributed by atoms with Crippen molar-refractivity contribution in [1.82, 2.24) is 0 Å². The standard InChI is InChI=1S/3C3H8.4C2H6.16CH4/c3*1-3-2;4*1-2;;;;;;;;;;;;;;;;/h3*3H2,1-2H3;4*1-2H3;16*1H4. The monoisotopic (exact) mass is 509 g/mol. The fourth-order valence-electron chi connectivity index (χ4n) is 0. The summed E-state index contributed by atoms with van der Waals surface area (Å²) < 4.78 is 0. The van der Waals surface area contributed by atoms with Crippen LogP contribution in [0.3, 0.4) is 0 Å². The van der Waals surface area contributed by atoms with Crippen LogP contribution in [0.2, 0.25) is 0 Å². The average molecular weight is 509 g/mol. The lowest BCUT2D eigenvalue weighted by molar-refractivity contribution is 1.09. The maximum Gasteiger partial charge on any atom is -0.0590 e. The van der Waals surface area contributed by atoms with Crippen LogP contribution in [-0.4, -0.2) is 0 Å². The molecule has 0 N–H and O–H groups in total. The molecule has 0 heteroatoms. The van der Waals surface area contributed by atoms with E-state index >= 15 is 0 Å². The zero-order valence-corrected chi connectivity index (χ0v) is 16.1. The first-order valence-corrected chi connectivity index (χ1v) is 8.24. The van der Waals surface area contributed by atoms with E-state index in [2.05, 4.69) is 41.5 Å². The number of hydrogen-bond donors (Lipinski definition) is 0. The molecule has 0 unspecified atom stereocenters. The molecule has 0 radical (unpaired) electrons. The van der Waals surface area contributed by atoms with E-state index in [0.717, 1.165) is 0 Å². The van der Waals surface area contributed by atoms with Crippen LogP contribution in [0.25, 0.3) is 0 Å². The van der Waals surface area contributed by atoms with Crippen molar-refractivity contribution in [1.29, 1.82) is 0 Å². The molecule has 0 saturated carbocycles. The van der Waals surface area contributed by atoms with Gasteiger partial charge in [0.15, 0.2) is 0 Å². The summed E-state index contributed by atoms with van der Waals surface area (Å²) in [6.07, 6.45) is 3.75. The number of hydrogen-bond acceptors (Lipinski definition) is 0. The molecule has 244 valence electrons. The van der Waals surface area contributed by atoms with Gasteiger partial charge in [-0.3, -0.25) is 0 Å². The normalized spacial score (nSPS) is 2.36. The van der Waals surface area contributed by atoms with Gasteiger partial charge in [0.2, 0.25) is 0 Å². The van der Waals surface area contributed by atoms with E-state index in [1.807, 2.05) is 55.4 Å². The van der Waals surface area contributed by atoms with E-state index in [9.17, 15) is 0 Å². The van der Waals surface area contributed by atoms with Crippen molar-refractivity contribution in [3.63, 3.8) is 0 Å². The van der Waals surface area contributed by atoms with Gasteiger partial charge in [0.05, 0.1) is 0 Å². The Kier molecular flexibility index (Phi) is 35000. The first-order chi connectivity index (χ1) is 8.24. The van der Waals surface area contributed by atoms with Crippen LogP contribution in [-0.2, 0) is 0 Å². The summed E-state index contributed by atoms with van der Waals surface area (Å²) in [7, 11) is 0. The van der Waals surface area contributed by atoms with Crippen LogP contribution in [0, 0.1) is 0 Å². The molecule has 0 amide bonds. The molecule has 0 aromatic rings. The lowest BCUT2D eigenvalue weighted by Crippen LogP contribution is -1.27. The molecule has 0 rings (SSSR count). The van der Waals surface area contributed by atoms with Gasteiger partial charge in [-0.2, -0.15) is 0 Å². The Balaban J connectivity index is -0.00000000157. The number of rotatable bonds is 0. The van der Waals surface area contributed by atoms with Gasteiger partial charge >= 0.3 is 0 Å². The Morgan fingerprint density at radius 2 is 0.182 bits per heavy atom. The molecular weight excluding hydrogens is 396 g/mol. The molecule has 0 aromatic carbocycles. The SMILES string of the molecule is C.C.C.C.C.C.C.C.C.C.C.C.C.C.C.C.CC.CC.CC.CC.CCC.CCC.CCC. The van der Waals surface area contributed by atoms with Gasteiger partial charge in [-0.05, 0) is 0 Å². The predicted octanol–water partition coefficient (Wildman–Crippen LogP) is 18.5. The minimum absolute atomic E-state index is 0. The largest absolute Gasteiger partial charge is 0.0776 e. The Morgan fingerprint density at radius 3 is 0.182 bits per heavy atom. The Hall–Kier alpha value is 0. The zero-order valence-electron chi connectivity index (χ0n) is 16.1. The smallest absolute Gasteiger partial charge is 0.0590 e. The minimum Gasteiger partial charge on any atom is -0.0776 e. The Morgan fingerprint density at radius 1 is 0.182 bits per heavy atom. The van der Waals surface area contributed by atoms with Gasteiger partial charge in [-0.25, -0.2) is 0 Å². The molecule has 0 nitrogen and oxygen atoms in total. The highest BCUT2D eigenvalue weighted by atomic mass is 13.4. The minimum atomic E-state index is 0. The summed E-state index contributed by atoms with van der Waals surface area (Å²) in [5.41, 5.74) is 0. The molecule has 33 heavy (non-hydrogen) atoms. The molecule has 0 aromatic heterocycles. The molecule has 0 atom stereocenters. The summed E-state index contributed by atoms with van der Waals surface area (Å²) in [6, 6.07) is 0. The second-order valence-corrected chi connectivity index (χ2v) is 2.12. The van der Waals surface area contributed by atoms with E-state index in [-0.39, 0.29) is 119 Å². The first kappa shape index (κ1) is 338. The molecule has 0 heterocycles. The Bertz CT molecular complexity index is 4.75. The van der Waals surface area contributed by atoms with Crippen LogP contribution < -0.4 is 0 Å². The highest BCUT2D eigenvalue weighted by Gasteiger charge is 1.36. The highest BCUT2D eigenvalue weighted by Crippen LogP contribution is 1.56. The van der Waals surface area contributed by atoms with Crippen molar-refractivity contribution in [2.24, 2.45) is 0 Å². The van der Waals surface area contributed by atoms with Crippen LogP contribution in [0.5, 0.6) is 0 Å². The predicted molar refractivity (Wildman–Crippen MR) is 201 cm³/mol. The van der Waals surface area contributed by atoms with Gasteiger partial charge in [-0.1, -0.05) is 235 Å². The third kappa shape index (κ3) is 0. The summed E-state index contributed by atoms with van der Waals surface area (Å²) in [4.78, 5) is 0. The van der Waals surface area contributed by atoms with Crippen molar-refractivity contribution < 1.29 is 0 Å². The van der Waals surface area contributed by atoms with Crippen molar-refractivity contribution in [3.05, 3.63) is 0 Å². The topological polar surface area (TPSA) is 0 Å². The molecule has 0 aliphatic heterocycles. The van der Waals surface area contributed by atoms with Gasteiger partial charge in [0.25, 0.3) is 0 Å².